The summed E-state index contributed by atoms with van der Waals surface area (Å²) < 4.78 is 0. The Hall–Kier alpha value is -2.64. The van der Waals surface area contributed by atoms with E-state index in [0.29, 0.717) is 25.1 Å². The topological polar surface area (TPSA) is 64.3 Å². The third kappa shape index (κ3) is 2.85. The van der Waals surface area contributed by atoms with Crippen LogP contribution in [0.3, 0.4) is 0 Å². The summed E-state index contributed by atoms with van der Waals surface area (Å²) in [5.74, 6) is -0.789. The molecule has 0 fully saturated rings. The Morgan fingerprint density at radius 1 is 1.18 bits per heavy atom. The molecule has 3 rings (SSSR count). The van der Waals surface area contributed by atoms with Gasteiger partial charge in [-0.05, 0) is 35.2 Å². The average Bonchev–Trinajstić information content (AvgIpc) is 2.54. The Morgan fingerprint density at radius 2 is 1.86 bits per heavy atom. The van der Waals surface area contributed by atoms with Gasteiger partial charge in [0.05, 0.1) is 11.6 Å². The molecule has 1 heterocycles. The number of carbonyl (C=O) groups is 1. The summed E-state index contributed by atoms with van der Waals surface area (Å²) >= 11 is 0. The van der Waals surface area contributed by atoms with Crippen molar-refractivity contribution in [1.29, 1.82) is 5.26 Å². The molecule has 0 saturated heterocycles. The maximum atomic E-state index is 11.6. The van der Waals surface area contributed by atoms with Crippen LogP contribution in [0.5, 0.6) is 0 Å². The minimum atomic E-state index is -0.789. The smallest absolute Gasteiger partial charge is 0.321 e. The van der Waals surface area contributed by atoms with Gasteiger partial charge in [0.25, 0.3) is 0 Å². The van der Waals surface area contributed by atoms with Crippen molar-refractivity contribution in [3.05, 3.63) is 70.8 Å². The molecule has 1 aliphatic heterocycles. The van der Waals surface area contributed by atoms with E-state index in [9.17, 15) is 9.90 Å². The fourth-order valence-corrected chi connectivity index (χ4v) is 2.91. The third-order valence-corrected chi connectivity index (χ3v) is 4.10. The normalized spacial score (nSPS) is 17.5. The van der Waals surface area contributed by atoms with E-state index in [1.165, 1.54) is 5.56 Å². The predicted molar refractivity (Wildman–Crippen MR) is 82.0 cm³/mol. The number of fused-ring (bicyclic) bond motifs is 1. The van der Waals surface area contributed by atoms with Crippen molar-refractivity contribution in [2.45, 2.75) is 25.6 Å². The maximum Gasteiger partial charge on any atom is 0.321 e. The first kappa shape index (κ1) is 14.3. The van der Waals surface area contributed by atoms with Crippen molar-refractivity contribution in [2.75, 3.05) is 0 Å². The molecule has 1 N–H and O–H groups in total. The van der Waals surface area contributed by atoms with Gasteiger partial charge in [-0.15, -0.1) is 0 Å². The van der Waals surface area contributed by atoms with Gasteiger partial charge >= 0.3 is 5.97 Å². The van der Waals surface area contributed by atoms with E-state index in [2.05, 4.69) is 12.1 Å². The number of nitrogens with zero attached hydrogens (tertiary/aromatic N) is 2. The molecule has 0 saturated carbocycles. The fourth-order valence-electron chi connectivity index (χ4n) is 2.91. The molecule has 1 aliphatic rings. The first-order chi connectivity index (χ1) is 10.7. The fraction of sp³-hybridized carbons (Fsp3) is 0.222. The van der Waals surface area contributed by atoms with Crippen molar-refractivity contribution in [1.82, 2.24) is 4.90 Å². The van der Waals surface area contributed by atoms with E-state index in [0.717, 1.165) is 11.1 Å². The largest absolute Gasteiger partial charge is 0.480 e. The molecule has 0 radical (unpaired) electrons. The summed E-state index contributed by atoms with van der Waals surface area (Å²) in [5, 5.41) is 18.3. The second-order valence-corrected chi connectivity index (χ2v) is 5.54. The van der Waals surface area contributed by atoms with Crippen molar-refractivity contribution in [2.24, 2.45) is 0 Å². The summed E-state index contributed by atoms with van der Waals surface area (Å²) in [6.45, 7) is 1.20. The van der Waals surface area contributed by atoms with Crippen molar-refractivity contribution >= 4 is 5.97 Å². The minimum absolute atomic E-state index is 0.509. The first-order valence-electron chi connectivity index (χ1n) is 7.20. The second-order valence-electron chi connectivity index (χ2n) is 5.54. The summed E-state index contributed by atoms with van der Waals surface area (Å²) in [5.41, 5.74) is 3.94. The lowest BCUT2D eigenvalue weighted by Gasteiger charge is -2.34. The Morgan fingerprint density at radius 3 is 2.50 bits per heavy atom. The van der Waals surface area contributed by atoms with E-state index < -0.39 is 12.0 Å². The van der Waals surface area contributed by atoms with Crippen LogP contribution >= 0.6 is 0 Å². The Balaban J connectivity index is 1.84. The highest BCUT2D eigenvalue weighted by molar-refractivity contribution is 5.74. The molecule has 2 aromatic rings. The lowest BCUT2D eigenvalue weighted by Crippen LogP contribution is -2.44. The van der Waals surface area contributed by atoms with Crippen LogP contribution in [0.15, 0.2) is 48.5 Å². The molecule has 0 unspecified atom stereocenters. The zero-order valence-electron chi connectivity index (χ0n) is 12.1. The summed E-state index contributed by atoms with van der Waals surface area (Å²) in [6.07, 6.45) is 0.530. The molecule has 4 nitrogen and oxygen atoms in total. The maximum absolute atomic E-state index is 11.6. The molecule has 4 heteroatoms. The van der Waals surface area contributed by atoms with Crippen LogP contribution in [0.2, 0.25) is 0 Å². The molecule has 22 heavy (non-hydrogen) atoms. The number of benzene rings is 2. The second kappa shape index (κ2) is 6.00. The number of hydrogen-bond donors (Lipinski definition) is 1. The number of aliphatic carboxylic acids is 1. The number of carboxylic acid groups (broad SMARTS) is 1. The van der Waals surface area contributed by atoms with Crippen LogP contribution in [0.4, 0.5) is 0 Å². The molecule has 1 atom stereocenters. The van der Waals surface area contributed by atoms with Crippen LogP contribution in [0.25, 0.3) is 0 Å². The van der Waals surface area contributed by atoms with Gasteiger partial charge in [0.2, 0.25) is 0 Å². The summed E-state index contributed by atoms with van der Waals surface area (Å²) in [6, 6.07) is 16.9. The molecular weight excluding hydrogens is 276 g/mol. The molecule has 110 valence electrons. The van der Waals surface area contributed by atoms with E-state index in [4.69, 9.17) is 5.26 Å². The van der Waals surface area contributed by atoms with Gasteiger partial charge in [-0.1, -0.05) is 36.4 Å². The van der Waals surface area contributed by atoms with Crippen LogP contribution in [-0.4, -0.2) is 22.0 Å². The lowest BCUT2D eigenvalue weighted by molar-refractivity contribution is -0.144. The lowest BCUT2D eigenvalue weighted by atomic mass is 9.93. The Kier molecular flexibility index (Phi) is 3.90. The molecular formula is C18H16N2O2. The van der Waals surface area contributed by atoms with Gasteiger partial charge in [0, 0.05) is 13.1 Å². The van der Waals surface area contributed by atoms with Crippen LogP contribution in [0, 0.1) is 11.3 Å². The minimum Gasteiger partial charge on any atom is -0.480 e. The molecule has 0 aromatic heterocycles. The molecule has 0 bridgehead atoms. The standard InChI is InChI=1S/C18H16N2O2/c19-10-13-5-7-14(8-6-13)11-20-12-16-4-2-1-3-15(16)9-17(20)18(21)22/h1-8,17H,9,11-12H2,(H,21,22)/t17-/m0/s1. The van der Waals surface area contributed by atoms with Crippen LogP contribution < -0.4 is 0 Å². The zero-order valence-corrected chi connectivity index (χ0v) is 12.1. The van der Waals surface area contributed by atoms with Gasteiger partial charge < -0.3 is 5.11 Å². The van der Waals surface area contributed by atoms with Crippen molar-refractivity contribution in [3.8, 4) is 6.07 Å². The molecule has 0 aliphatic carbocycles. The molecule has 0 spiro atoms. The van der Waals surface area contributed by atoms with E-state index >= 15 is 0 Å². The van der Waals surface area contributed by atoms with E-state index in [1.54, 1.807) is 12.1 Å². The third-order valence-electron chi connectivity index (χ3n) is 4.10. The quantitative estimate of drug-likeness (QED) is 0.944. The Labute approximate surface area is 129 Å². The average molecular weight is 292 g/mol. The zero-order chi connectivity index (χ0) is 15.5. The van der Waals surface area contributed by atoms with E-state index in [-0.39, 0.29) is 0 Å². The van der Waals surface area contributed by atoms with Gasteiger partial charge in [0.1, 0.15) is 6.04 Å². The number of carboxylic acids is 1. The van der Waals surface area contributed by atoms with E-state index in [1.807, 2.05) is 35.2 Å². The van der Waals surface area contributed by atoms with Gasteiger partial charge in [-0.3, -0.25) is 9.69 Å². The van der Waals surface area contributed by atoms with Crippen molar-refractivity contribution < 1.29 is 9.90 Å². The number of hydrogen-bond acceptors (Lipinski definition) is 3. The summed E-state index contributed by atoms with van der Waals surface area (Å²) in [4.78, 5) is 13.6. The highest BCUT2D eigenvalue weighted by Gasteiger charge is 2.31. The van der Waals surface area contributed by atoms with Crippen LogP contribution in [0.1, 0.15) is 22.3 Å². The van der Waals surface area contributed by atoms with Crippen molar-refractivity contribution in [3.63, 3.8) is 0 Å². The molecule has 2 aromatic carbocycles. The van der Waals surface area contributed by atoms with Gasteiger partial charge in [-0.25, -0.2) is 0 Å². The summed E-state index contributed by atoms with van der Waals surface area (Å²) in [7, 11) is 0. The van der Waals surface area contributed by atoms with Gasteiger partial charge in [0.15, 0.2) is 0 Å². The first-order valence-corrected chi connectivity index (χ1v) is 7.20. The highest BCUT2D eigenvalue weighted by atomic mass is 16.4. The SMILES string of the molecule is N#Cc1ccc(CN2Cc3ccccc3C[C@H]2C(=O)O)cc1. The highest BCUT2D eigenvalue weighted by Crippen LogP contribution is 2.25. The van der Waals surface area contributed by atoms with Crippen LogP contribution in [-0.2, 0) is 24.3 Å². The predicted octanol–water partition coefficient (Wildman–Crippen LogP) is 2.57. The molecule has 0 amide bonds. The number of rotatable bonds is 3. The van der Waals surface area contributed by atoms with Gasteiger partial charge in [-0.2, -0.15) is 5.26 Å². The number of nitriles is 1. The monoisotopic (exact) mass is 292 g/mol. The Bertz CT molecular complexity index is 731.